The molecule has 0 aliphatic carbocycles. The molecule has 26 heavy (non-hydrogen) atoms. The maximum Gasteiger partial charge on any atom is 0.157 e. The molecule has 0 radical (unpaired) electrons. The van der Waals surface area contributed by atoms with Crippen molar-refractivity contribution < 1.29 is 14.6 Å². The number of phenolic OH excluding ortho intramolecular Hbond substituents is 1. The Kier molecular flexibility index (Phi) is 6.97. The Bertz CT molecular complexity index is 652. The Labute approximate surface area is 155 Å². The first kappa shape index (κ1) is 18.8. The first-order valence-electron chi connectivity index (χ1n) is 9.58. The van der Waals surface area contributed by atoms with Crippen LogP contribution >= 0.6 is 0 Å². The number of benzene rings is 1. The second-order valence-electron chi connectivity index (χ2n) is 6.92. The first-order chi connectivity index (χ1) is 12.7. The number of rotatable bonds is 8. The van der Waals surface area contributed by atoms with Crippen molar-refractivity contribution in [1.29, 1.82) is 0 Å². The lowest BCUT2D eigenvalue weighted by molar-refractivity contribution is -0.185. The van der Waals surface area contributed by atoms with E-state index < -0.39 is 0 Å². The Morgan fingerprint density at radius 2 is 1.88 bits per heavy atom. The summed E-state index contributed by atoms with van der Waals surface area (Å²) in [6, 6.07) is 7.08. The minimum Gasteiger partial charge on any atom is -0.508 e. The molecule has 0 saturated carbocycles. The molecule has 1 N–H and O–H groups in total. The number of aromatic nitrogens is 2. The van der Waals surface area contributed by atoms with Crippen LogP contribution in [0.5, 0.6) is 5.75 Å². The van der Waals surface area contributed by atoms with E-state index in [1.54, 1.807) is 12.1 Å². The molecule has 140 valence electrons. The van der Waals surface area contributed by atoms with Gasteiger partial charge >= 0.3 is 0 Å². The zero-order valence-corrected chi connectivity index (χ0v) is 15.4. The van der Waals surface area contributed by atoms with E-state index in [9.17, 15) is 5.11 Å². The highest BCUT2D eigenvalue weighted by molar-refractivity contribution is 5.62. The van der Waals surface area contributed by atoms with Crippen molar-refractivity contribution in [2.75, 3.05) is 6.61 Å². The van der Waals surface area contributed by atoms with Gasteiger partial charge in [-0.2, -0.15) is 0 Å². The van der Waals surface area contributed by atoms with Crippen LogP contribution in [0.3, 0.4) is 0 Å². The Hall–Kier alpha value is -1.98. The standard InChI is InChI=1S/C21H28N2O3/c1-16(26-21-8-4-5-13-25-21)6-2-3-7-20-22-14-18(15-23-20)17-9-11-19(24)12-10-17/h9-12,14-16,21,24H,2-8,13H2,1H3. The van der Waals surface area contributed by atoms with E-state index in [-0.39, 0.29) is 18.1 Å². The monoisotopic (exact) mass is 356 g/mol. The van der Waals surface area contributed by atoms with Gasteiger partial charge in [0, 0.05) is 31.0 Å². The van der Waals surface area contributed by atoms with Crippen molar-refractivity contribution in [1.82, 2.24) is 9.97 Å². The number of hydrogen-bond donors (Lipinski definition) is 1. The second kappa shape index (κ2) is 9.64. The lowest BCUT2D eigenvalue weighted by Crippen LogP contribution is -2.26. The van der Waals surface area contributed by atoms with Crippen LogP contribution in [0.2, 0.25) is 0 Å². The molecule has 2 atom stereocenters. The van der Waals surface area contributed by atoms with Gasteiger partial charge in [-0.15, -0.1) is 0 Å². The van der Waals surface area contributed by atoms with Gasteiger partial charge in [-0.05, 0) is 56.7 Å². The van der Waals surface area contributed by atoms with Crippen LogP contribution in [-0.4, -0.2) is 34.1 Å². The van der Waals surface area contributed by atoms with Crippen LogP contribution in [0, 0.1) is 0 Å². The number of phenols is 1. The molecule has 1 aliphatic heterocycles. The molecule has 3 rings (SSSR count). The van der Waals surface area contributed by atoms with Gasteiger partial charge in [-0.25, -0.2) is 9.97 Å². The van der Waals surface area contributed by atoms with Crippen LogP contribution in [0.1, 0.15) is 51.3 Å². The summed E-state index contributed by atoms with van der Waals surface area (Å²) in [5.41, 5.74) is 1.97. The van der Waals surface area contributed by atoms with Crippen molar-refractivity contribution in [2.24, 2.45) is 0 Å². The summed E-state index contributed by atoms with van der Waals surface area (Å²) in [5.74, 6) is 1.14. The first-order valence-corrected chi connectivity index (χ1v) is 9.58. The van der Waals surface area contributed by atoms with Crippen molar-refractivity contribution >= 4 is 0 Å². The lowest BCUT2D eigenvalue weighted by Gasteiger charge is -2.26. The van der Waals surface area contributed by atoms with Gasteiger partial charge in [-0.1, -0.05) is 18.6 Å². The molecule has 5 nitrogen and oxygen atoms in total. The second-order valence-corrected chi connectivity index (χ2v) is 6.92. The van der Waals surface area contributed by atoms with Gasteiger partial charge < -0.3 is 14.6 Å². The number of aryl methyl sites for hydroxylation is 1. The fraction of sp³-hybridized carbons (Fsp3) is 0.524. The molecule has 2 heterocycles. The van der Waals surface area contributed by atoms with E-state index >= 15 is 0 Å². The molecule has 0 amide bonds. The number of nitrogens with zero attached hydrogens (tertiary/aromatic N) is 2. The highest BCUT2D eigenvalue weighted by Gasteiger charge is 2.16. The fourth-order valence-electron chi connectivity index (χ4n) is 3.15. The van der Waals surface area contributed by atoms with Crippen LogP contribution < -0.4 is 0 Å². The number of ether oxygens (including phenoxy) is 2. The smallest absolute Gasteiger partial charge is 0.157 e. The summed E-state index contributed by atoms with van der Waals surface area (Å²) >= 11 is 0. The largest absolute Gasteiger partial charge is 0.508 e. The van der Waals surface area contributed by atoms with E-state index in [2.05, 4.69) is 16.9 Å². The summed E-state index contributed by atoms with van der Waals surface area (Å²) in [5, 5.41) is 9.35. The summed E-state index contributed by atoms with van der Waals surface area (Å²) in [4.78, 5) is 8.93. The van der Waals surface area contributed by atoms with Gasteiger partial charge in [-0.3, -0.25) is 0 Å². The molecular weight excluding hydrogens is 328 g/mol. The molecule has 5 heteroatoms. The predicted molar refractivity (Wildman–Crippen MR) is 101 cm³/mol. The van der Waals surface area contributed by atoms with Gasteiger partial charge in [0.25, 0.3) is 0 Å². The van der Waals surface area contributed by atoms with Crippen LogP contribution in [0.15, 0.2) is 36.7 Å². The third-order valence-electron chi connectivity index (χ3n) is 4.69. The summed E-state index contributed by atoms with van der Waals surface area (Å²) in [6.07, 6.45) is 11.4. The molecule has 0 spiro atoms. The van der Waals surface area contributed by atoms with Crippen molar-refractivity contribution in [3.05, 3.63) is 42.5 Å². The molecule has 0 bridgehead atoms. The van der Waals surface area contributed by atoms with Crippen LogP contribution in [0.4, 0.5) is 0 Å². The molecule has 1 saturated heterocycles. The maximum absolute atomic E-state index is 9.35. The third-order valence-corrected chi connectivity index (χ3v) is 4.69. The Morgan fingerprint density at radius 3 is 2.58 bits per heavy atom. The Morgan fingerprint density at radius 1 is 1.12 bits per heavy atom. The SMILES string of the molecule is CC(CCCCc1ncc(-c2ccc(O)cc2)cn1)OC1CCCCO1. The summed E-state index contributed by atoms with van der Waals surface area (Å²) in [7, 11) is 0. The average molecular weight is 356 g/mol. The summed E-state index contributed by atoms with van der Waals surface area (Å²) in [6.45, 7) is 2.95. The highest BCUT2D eigenvalue weighted by atomic mass is 16.7. The van der Waals surface area contributed by atoms with E-state index in [1.807, 2.05) is 24.5 Å². The fourth-order valence-corrected chi connectivity index (χ4v) is 3.15. The van der Waals surface area contributed by atoms with Gasteiger partial charge in [0.15, 0.2) is 6.29 Å². The Balaban J connectivity index is 1.37. The minimum atomic E-state index is -0.00507. The molecular formula is C21H28N2O3. The van der Waals surface area contributed by atoms with Crippen molar-refractivity contribution in [2.45, 2.75) is 64.3 Å². The molecule has 2 unspecified atom stereocenters. The van der Waals surface area contributed by atoms with E-state index in [4.69, 9.17) is 9.47 Å². The lowest BCUT2D eigenvalue weighted by atomic mass is 10.1. The van der Waals surface area contributed by atoms with E-state index in [1.165, 1.54) is 6.42 Å². The van der Waals surface area contributed by atoms with E-state index in [0.29, 0.717) is 0 Å². The highest BCUT2D eigenvalue weighted by Crippen LogP contribution is 2.21. The van der Waals surface area contributed by atoms with Crippen LogP contribution in [-0.2, 0) is 15.9 Å². The zero-order chi connectivity index (χ0) is 18.2. The number of aromatic hydroxyl groups is 1. The molecule has 1 aromatic heterocycles. The van der Waals surface area contributed by atoms with Crippen molar-refractivity contribution in [3.63, 3.8) is 0 Å². The number of hydrogen-bond acceptors (Lipinski definition) is 5. The van der Waals surface area contributed by atoms with Gasteiger partial charge in [0.05, 0.1) is 6.10 Å². The molecule has 1 fully saturated rings. The van der Waals surface area contributed by atoms with Gasteiger partial charge in [0.1, 0.15) is 11.6 Å². The van der Waals surface area contributed by atoms with E-state index in [0.717, 1.165) is 62.1 Å². The number of unbranched alkanes of at least 4 members (excludes halogenated alkanes) is 1. The molecule has 1 aliphatic rings. The van der Waals surface area contributed by atoms with Crippen LogP contribution in [0.25, 0.3) is 11.1 Å². The minimum absolute atomic E-state index is 0.00507. The van der Waals surface area contributed by atoms with Crippen molar-refractivity contribution in [3.8, 4) is 16.9 Å². The topological polar surface area (TPSA) is 64.5 Å². The third kappa shape index (κ3) is 5.78. The predicted octanol–water partition coefficient (Wildman–Crippen LogP) is 4.49. The summed E-state index contributed by atoms with van der Waals surface area (Å²) < 4.78 is 11.6. The molecule has 2 aromatic rings. The normalized spacial score (nSPS) is 18.6. The quantitative estimate of drug-likeness (QED) is 0.706. The maximum atomic E-state index is 9.35. The average Bonchev–Trinajstić information content (AvgIpc) is 2.67. The van der Waals surface area contributed by atoms with Gasteiger partial charge in [0.2, 0.25) is 0 Å². The zero-order valence-electron chi connectivity index (χ0n) is 15.4. The molecule has 1 aromatic carbocycles.